The molecule has 0 aromatic carbocycles. The van der Waals surface area contributed by atoms with E-state index in [1.807, 2.05) is 6.92 Å². The number of nitrogens with zero attached hydrogens (tertiary/aromatic N) is 4. The lowest BCUT2D eigenvalue weighted by molar-refractivity contribution is -0.144. The molecule has 0 saturated carbocycles. The summed E-state index contributed by atoms with van der Waals surface area (Å²) in [5.74, 6) is -1.33. The van der Waals surface area contributed by atoms with Crippen LogP contribution >= 0.6 is 11.3 Å². The van der Waals surface area contributed by atoms with E-state index in [0.29, 0.717) is 6.54 Å². The molecular formula is C11H12F3N5S. The van der Waals surface area contributed by atoms with E-state index in [-0.39, 0.29) is 11.6 Å². The first-order valence-electron chi connectivity index (χ1n) is 5.59. The van der Waals surface area contributed by atoms with Gasteiger partial charge in [-0.25, -0.2) is 15.0 Å². The molecule has 0 aliphatic heterocycles. The van der Waals surface area contributed by atoms with E-state index in [4.69, 9.17) is 5.73 Å². The van der Waals surface area contributed by atoms with Gasteiger partial charge in [0.05, 0.1) is 17.7 Å². The molecular weight excluding hydrogens is 291 g/mol. The van der Waals surface area contributed by atoms with Gasteiger partial charge in [-0.2, -0.15) is 13.2 Å². The molecule has 0 fully saturated rings. The molecule has 0 amide bonds. The lowest BCUT2D eigenvalue weighted by atomic mass is 10.3. The highest BCUT2D eigenvalue weighted by Gasteiger charge is 2.35. The number of hydrogen-bond donors (Lipinski definition) is 1. The van der Waals surface area contributed by atoms with Gasteiger partial charge in [0.2, 0.25) is 5.82 Å². The quantitative estimate of drug-likeness (QED) is 0.943. The molecule has 0 bridgehead atoms. The highest BCUT2D eigenvalue weighted by molar-refractivity contribution is 7.09. The zero-order valence-corrected chi connectivity index (χ0v) is 11.6. The number of alkyl halides is 3. The maximum Gasteiger partial charge on any atom is 0.451 e. The van der Waals surface area contributed by atoms with Crippen LogP contribution in [-0.4, -0.2) is 22.0 Å². The molecule has 2 aromatic rings. The van der Waals surface area contributed by atoms with Crippen LogP contribution in [0.3, 0.4) is 0 Å². The number of nitrogens with two attached hydrogens (primary N) is 1. The summed E-state index contributed by atoms with van der Waals surface area (Å²) in [4.78, 5) is 13.3. The van der Waals surface area contributed by atoms with Crippen LogP contribution in [0.1, 0.15) is 16.4 Å². The standard InChI is InChI=1S/C11H12F3N5S/c1-6-7(20-5-16-6)4-19(2)9-3-8(15)17-10(18-9)11(12,13)14/h3,5H,4H2,1-2H3,(H2,15,17,18). The number of anilines is 2. The van der Waals surface area contributed by atoms with Gasteiger partial charge in [-0.1, -0.05) is 0 Å². The average Bonchev–Trinajstić information content (AvgIpc) is 2.73. The highest BCUT2D eigenvalue weighted by atomic mass is 32.1. The summed E-state index contributed by atoms with van der Waals surface area (Å²) in [6.07, 6.45) is -4.62. The van der Waals surface area contributed by atoms with Gasteiger partial charge >= 0.3 is 6.18 Å². The van der Waals surface area contributed by atoms with Crippen LogP contribution in [0, 0.1) is 6.92 Å². The Labute approximate surface area is 117 Å². The molecule has 2 aromatic heterocycles. The second-order valence-electron chi connectivity index (χ2n) is 4.19. The molecule has 108 valence electrons. The van der Waals surface area contributed by atoms with Crippen LogP contribution in [-0.2, 0) is 12.7 Å². The van der Waals surface area contributed by atoms with Gasteiger partial charge in [0, 0.05) is 18.0 Å². The van der Waals surface area contributed by atoms with E-state index in [1.165, 1.54) is 17.4 Å². The van der Waals surface area contributed by atoms with Gasteiger partial charge in [-0.15, -0.1) is 11.3 Å². The topological polar surface area (TPSA) is 67.9 Å². The lowest BCUT2D eigenvalue weighted by Crippen LogP contribution is -2.21. The van der Waals surface area contributed by atoms with Crippen LogP contribution in [0.2, 0.25) is 0 Å². The molecule has 0 spiro atoms. The Balaban J connectivity index is 2.28. The van der Waals surface area contributed by atoms with E-state index in [1.54, 1.807) is 17.5 Å². The molecule has 2 N–H and O–H groups in total. The van der Waals surface area contributed by atoms with Crippen LogP contribution in [0.25, 0.3) is 0 Å². The smallest absolute Gasteiger partial charge is 0.384 e. The first-order valence-corrected chi connectivity index (χ1v) is 6.47. The zero-order chi connectivity index (χ0) is 14.9. The first-order chi connectivity index (χ1) is 9.27. The van der Waals surface area contributed by atoms with Gasteiger partial charge in [0.15, 0.2) is 0 Å². The van der Waals surface area contributed by atoms with Gasteiger partial charge in [0.25, 0.3) is 0 Å². The minimum atomic E-state index is -4.62. The number of halogens is 3. The fourth-order valence-electron chi connectivity index (χ4n) is 1.55. The number of nitrogen functional groups attached to an aromatic ring is 1. The summed E-state index contributed by atoms with van der Waals surface area (Å²) < 4.78 is 37.9. The van der Waals surface area contributed by atoms with Crippen molar-refractivity contribution < 1.29 is 13.2 Å². The van der Waals surface area contributed by atoms with Crippen molar-refractivity contribution in [2.24, 2.45) is 0 Å². The second kappa shape index (κ2) is 5.23. The molecule has 0 atom stereocenters. The van der Waals surface area contributed by atoms with Crippen LogP contribution in [0.4, 0.5) is 24.8 Å². The SMILES string of the molecule is Cc1ncsc1CN(C)c1cc(N)nc(C(F)(F)F)n1. The van der Waals surface area contributed by atoms with E-state index in [0.717, 1.165) is 10.6 Å². The predicted molar refractivity (Wildman–Crippen MR) is 70.4 cm³/mol. The normalized spacial score (nSPS) is 11.7. The Morgan fingerprint density at radius 1 is 1.35 bits per heavy atom. The fourth-order valence-corrected chi connectivity index (χ4v) is 2.38. The molecule has 9 heteroatoms. The van der Waals surface area contributed by atoms with Crippen molar-refractivity contribution in [3.63, 3.8) is 0 Å². The van der Waals surface area contributed by atoms with Gasteiger partial charge in [-0.3, -0.25) is 0 Å². The van der Waals surface area contributed by atoms with E-state index in [9.17, 15) is 13.2 Å². The Morgan fingerprint density at radius 2 is 2.05 bits per heavy atom. The van der Waals surface area contributed by atoms with Crippen LogP contribution in [0.5, 0.6) is 0 Å². The molecule has 2 heterocycles. The third-order valence-electron chi connectivity index (χ3n) is 2.60. The van der Waals surface area contributed by atoms with Crippen molar-refractivity contribution in [1.29, 1.82) is 0 Å². The lowest BCUT2D eigenvalue weighted by Gasteiger charge is -2.19. The van der Waals surface area contributed by atoms with Crippen molar-refractivity contribution in [3.8, 4) is 0 Å². The minimum absolute atomic E-state index is 0.123. The zero-order valence-electron chi connectivity index (χ0n) is 10.8. The molecule has 0 saturated heterocycles. The van der Waals surface area contributed by atoms with Crippen molar-refractivity contribution in [3.05, 3.63) is 28.0 Å². The Morgan fingerprint density at radius 3 is 2.60 bits per heavy atom. The number of thiazole rings is 1. The van der Waals surface area contributed by atoms with E-state index in [2.05, 4.69) is 15.0 Å². The maximum absolute atomic E-state index is 12.6. The number of aromatic nitrogens is 3. The van der Waals surface area contributed by atoms with Gasteiger partial charge < -0.3 is 10.6 Å². The molecule has 5 nitrogen and oxygen atoms in total. The average molecular weight is 303 g/mol. The van der Waals surface area contributed by atoms with E-state index < -0.39 is 12.0 Å². The van der Waals surface area contributed by atoms with Crippen molar-refractivity contribution in [1.82, 2.24) is 15.0 Å². The van der Waals surface area contributed by atoms with E-state index >= 15 is 0 Å². The van der Waals surface area contributed by atoms with Crippen molar-refractivity contribution in [2.75, 3.05) is 17.7 Å². The molecule has 2 rings (SSSR count). The van der Waals surface area contributed by atoms with Crippen LogP contribution in [0.15, 0.2) is 11.6 Å². The summed E-state index contributed by atoms with van der Waals surface area (Å²) in [7, 11) is 1.64. The van der Waals surface area contributed by atoms with Crippen LogP contribution < -0.4 is 10.6 Å². The third-order valence-corrected chi connectivity index (χ3v) is 3.52. The maximum atomic E-state index is 12.6. The monoisotopic (exact) mass is 303 g/mol. The Bertz CT molecular complexity index is 610. The molecule has 0 unspecified atom stereocenters. The summed E-state index contributed by atoms with van der Waals surface area (Å²) in [5.41, 5.74) is 7.95. The Kier molecular flexibility index (Phi) is 3.80. The minimum Gasteiger partial charge on any atom is -0.384 e. The summed E-state index contributed by atoms with van der Waals surface area (Å²) >= 11 is 1.44. The van der Waals surface area contributed by atoms with Crippen molar-refractivity contribution >= 4 is 23.0 Å². The summed E-state index contributed by atoms with van der Waals surface area (Å²) in [5, 5.41) is 0. The predicted octanol–water partition coefficient (Wildman–Crippen LogP) is 2.48. The number of aryl methyl sites for hydroxylation is 1. The molecule has 20 heavy (non-hydrogen) atoms. The molecule has 0 aliphatic rings. The highest BCUT2D eigenvalue weighted by Crippen LogP contribution is 2.29. The summed E-state index contributed by atoms with van der Waals surface area (Å²) in [6, 6.07) is 1.31. The molecule has 0 radical (unpaired) electrons. The first kappa shape index (κ1) is 14.5. The number of rotatable bonds is 3. The van der Waals surface area contributed by atoms with Gasteiger partial charge in [-0.05, 0) is 6.92 Å². The second-order valence-corrected chi connectivity index (χ2v) is 5.13. The third kappa shape index (κ3) is 3.16. The molecule has 0 aliphatic carbocycles. The number of hydrogen-bond acceptors (Lipinski definition) is 6. The van der Waals surface area contributed by atoms with Crippen molar-refractivity contribution in [2.45, 2.75) is 19.6 Å². The summed E-state index contributed by atoms with van der Waals surface area (Å²) in [6.45, 7) is 2.25. The largest absolute Gasteiger partial charge is 0.451 e. The fraction of sp³-hybridized carbons (Fsp3) is 0.364. The van der Waals surface area contributed by atoms with Gasteiger partial charge in [0.1, 0.15) is 11.6 Å². The Hall–Kier alpha value is -1.90.